The van der Waals surface area contributed by atoms with Gasteiger partial charge >= 0.3 is 0 Å². The van der Waals surface area contributed by atoms with Crippen LogP contribution in [0.4, 0.5) is 0 Å². The van der Waals surface area contributed by atoms with Crippen LogP contribution in [0.3, 0.4) is 0 Å². The third-order valence-electron chi connectivity index (χ3n) is 4.18. The van der Waals surface area contributed by atoms with E-state index >= 15 is 0 Å². The molecule has 0 saturated carbocycles. The van der Waals surface area contributed by atoms with Gasteiger partial charge in [-0.05, 0) is 81.0 Å². The van der Waals surface area contributed by atoms with Gasteiger partial charge in [-0.3, -0.25) is 9.78 Å². The first-order valence-corrected chi connectivity index (χ1v) is 7.85. The van der Waals surface area contributed by atoms with Gasteiger partial charge in [0.2, 0.25) is 0 Å². The van der Waals surface area contributed by atoms with Crippen LogP contribution in [0.1, 0.15) is 52.6 Å². The molecule has 2 aromatic rings. The van der Waals surface area contributed by atoms with Crippen molar-refractivity contribution in [3.63, 3.8) is 0 Å². The van der Waals surface area contributed by atoms with Gasteiger partial charge in [-0.15, -0.1) is 0 Å². The maximum absolute atomic E-state index is 11.3. The van der Waals surface area contributed by atoms with Crippen molar-refractivity contribution in [1.82, 2.24) is 4.98 Å². The van der Waals surface area contributed by atoms with Gasteiger partial charge in [0.1, 0.15) is 12.4 Å². The summed E-state index contributed by atoms with van der Waals surface area (Å²) in [5.74, 6) is 0.870. The maximum atomic E-state index is 11.3. The zero-order valence-corrected chi connectivity index (χ0v) is 13.2. The molecule has 0 fully saturated rings. The van der Waals surface area contributed by atoms with Crippen molar-refractivity contribution in [3.8, 4) is 5.75 Å². The second-order valence-electron chi connectivity index (χ2n) is 5.92. The van der Waals surface area contributed by atoms with E-state index < -0.39 is 0 Å². The molecule has 0 aliphatic heterocycles. The highest BCUT2D eigenvalue weighted by Gasteiger charge is 2.15. The number of ether oxygens (including phenoxy) is 1. The Morgan fingerprint density at radius 3 is 2.64 bits per heavy atom. The van der Waals surface area contributed by atoms with Gasteiger partial charge in [0, 0.05) is 17.0 Å². The largest absolute Gasteiger partial charge is 0.489 e. The number of aromatic nitrogens is 1. The summed E-state index contributed by atoms with van der Waals surface area (Å²) in [6.07, 6.45) is 4.65. The number of rotatable bonds is 4. The van der Waals surface area contributed by atoms with Gasteiger partial charge in [0.05, 0.1) is 0 Å². The average Bonchev–Trinajstić information content (AvgIpc) is 2.52. The molecule has 0 atom stereocenters. The smallest absolute Gasteiger partial charge is 0.159 e. The Labute approximate surface area is 131 Å². The highest BCUT2D eigenvalue weighted by atomic mass is 16.5. The number of fused-ring (bicyclic) bond motifs is 1. The Balaban J connectivity index is 1.76. The molecule has 0 amide bonds. The van der Waals surface area contributed by atoms with Crippen LogP contribution in [-0.4, -0.2) is 10.8 Å². The molecule has 0 radical (unpaired) electrons. The number of hydrogen-bond acceptors (Lipinski definition) is 3. The van der Waals surface area contributed by atoms with Crippen molar-refractivity contribution in [1.29, 1.82) is 0 Å². The van der Waals surface area contributed by atoms with Crippen molar-refractivity contribution >= 4 is 5.78 Å². The molecule has 0 bridgehead atoms. The molecule has 3 heteroatoms. The Morgan fingerprint density at radius 2 is 1.91 bits per heavy atom. The molecule has 1 aromatic carbocycles. The van der Waals surface area contributed by atoms with E-state index in [4.69, 9.17) is 4.74 Å². The number of carbonyl (C=O) groups excluding carboxylic acids is 1. The zero-order chi connectivity index (χ0) is 15.5. The van der Waals surface area contributed by atoms with Gasteiger partial charge in [0.15, 0.2) is 5.78 Å². The standard InChI is InChI=1S/C19H21NO2/c1-13-11-16(18-5-3-4-6-19(18)20-13)12-22-17-9-7-15(8-10-17)14(2)21/h7-11H,3-6,12H2,1-2H3. The second-order valence-corrected chi connectivity index (χ2v) is 5.92. The molecule has 0 N–H and O–H groups in total. The predicted molar refractivity (Wildman–Crippen MR) is 86.4 cm³/mol. The fourth-order valence-electron chi connectivity index (χ4n) is 3.02. The number of Topliss-reactive ketones (excluding diaryl/α,β-unsaturated/α-hetero) is 1. The Bertz CT molecular complexity index is 689. The molecule has 1 aliphatic rings. The van der Waals surface area contributed by atoms with Crippen LogP contribution in [0, 0.1) is 6.92 Å². The number of hydrogen-bond donors (Lipinski definition) is 0. The molecule has 0 unspecified atom stereocenters. The fraction of sp³-hybridized carbons (Fsp3) is 0.368. The molecular formula is C19H21NO2. The van der Waals surface area contributed by atoms with Crippen molar-refractivity contribution in [2.24, 2.45) is 0 Å². The van der Waals surface area contributed by atoms with Crippen LogP contribution in [0.2, 0.25) is 0 Å². The summed E-state index contributed by atoms with van der Waals surface area (Å²) in [7, 11) is 0. The van der Waals surface area contributed by atoms with Crippen LogP contribution in [0.25, 0.3) is 0 Å². The van der Waals surface area contributed by atoms with Gasteiger partial charge in [0.25, 0.3) is 0 Å². The minimum absolute atomic E-state index is 0.0744. The molecule has 0 saturated heterocycles. The molecule has 3 nitrogen and oxygen atoms in total. The lowest BCUT2D eigenvalue weighted by Gasteiger charge is -2.19. The minimum atomic E-state index is 0.0744. The first-order valence-electron chi connectivity index (χ1n) is 7.85. The highest BCUT2D eigenvalue weighted by molar-refractivity contribution is 5.94. The third kappa shape index (κ3) is 3.19. The number of pyridine rings is 1. The summed E-state index contributed by atoms with van der Waals surface area (Å²) in [6.45, 7) is 4.17. The Hall–Kier alpha value is -2.16. The summed E-state index contributed by atoms with van der Waals surface area (Å²) in [6, 6.07) is 9.47. The minimum Gasteiger partial charge on any atom is -0.489 e. The molecular weight excluding hydrogens is 274 g/mol. The number of nitrogens with zero attached hydrogens (tertiary/aromatic N) is 1. The van der Waals surface area contributed by atoms with Crippen molar-refractivity contribution < 1.29 is 9.53 Å². The maximum Gasteiger partial charge on any atom is 0.159 e. The molecule has 0 spiro atoms. The zero-order valence-electron chi connectivity index (χ0n) is 13.2. The van der Waals surface area contributed by atoms with Crippen LogP contribution in [0.5, 0.6) is 5.75 Å². The lowest BCUT2D eigenvalue weighted by molar-refractivity contribution is 0.101. The van der Waals surface area contributed by atoms with Gasteiger partial charge in [-0.1, -0.05) is 0 Å². The summed E-state index contributed by atoms with van der Waals surface area (Å²) in [5, 5.41) is 0. The van der Waals surface area contributed by atoms with E-state index in [0.29, 0.717) is 12.2 Å². The normalized spacial score (nSPS) is 13.5. The van der Waals surface area contributed by atoms with E-state index in [0.717, 1.165) is 24.3 Å². The van der Waals surface area contributed by atoms with Crippen LogP contribution in [-0.2, 0) is 19.4 Å². The first-order chi connectivity index (χ1) is 10.6. The average molecular weight is 295 g/mol. The van der Waals surface area contributed by atoms with E-state index in [2.05, 4.69) is 11.1 Å². The number of aryl methyl sites for hydroxylation is 2. The number of carbonyl (C=O) groups is 1. The monoisotopic (exact) mass is 295 g/mol. The topological polar surface area (TPSA) is 39.2 Å². The Kier molecular flexibility index (Phi) is 4.23. The second kappa shape index (κ2) is 6.30. The summed E-state index contributed by atoms with van der Waals surface area (Å²) in [4.78, 5) is 16.0. The van der Waals surface area contributed by atoms with Crippen molar-refractivity contribution in [2.75, 3.05) is 0 Å². The van der Waals surface area contributed by atoms with Crippen LogP contribution in [0.15, 0.2) is 30.3 Å². The lowest BCUT2D eigenvalue weighted by Crippen LogP contribution is -2.11. The van der Waals surface area contributed by atoms with Gasteiger partial charge < -0.3 is 4.74 Å². The molecule has 1 heterocycles. The van der Waals surface area contributed by atoms with E-state index in [9.17, 15) is 4.79 Å². The van der Waals surface area contributed by atoms with Crippen LogP contribution >= 0.6 is 0 Å². The lowest BCUT2D eigenvalue weighted by atomic mass is 9.92. The highest BCUT2D eigenvalue weighted by Crippen LogP contribution is 2.25. The summed E-state index contributed by atoms with van der Waals surface area (Å²) in [5.41, 5.74) is 5.64. The summed E-state index contributed by atoms with van der Waals surface area (Å²) < 4.78 is 5.91. The predicted octanol–water partition coefficient (Wildman–Crippen LogP) is 4.05. The third-order valence-corrected chi connectivity index (χ3v) is 4.18. The van der Waals surface area contributed by atoms with Gasteiger partial charge in [-0.25, -0.2) is 0 Å². The molecule has 114 valence electrons. The Morgan fingerprint density at radius 1 is 1.18 bits per heavy atom. The molecule has 22 heavy (non-hydrogen) atoms. The fourth-order valence-corrected chi connectivity index (χ4v) is 3.02. The van der Waals surface area contributed by atoms with E-state index in [1.165, 1.54) is 29.7 Å². The SMILES string of the molecule is CC(=O)c1ccc(OCc2cc(C)nc3c2CCCC3)cc1. The van der Waals surface area contributed by atoms with E-state index in [1.807, 2.05) is 31.2 Å². The summed E-state index contributed by atoms with van der Waals surface area (Å²) >= 11 is 0. The molecule has 1 aliphatic carbocycles. The number of ketones is 1. The van der Waals surface area contributed by atoms with E-state index in [-0.39, 0.29) is 5.78 Å². The van der Waals surface area contributed by atoms with Crippen LogP contribution < -0.4 is 4.74 Å². The van der Waals surface area contributed by atoms with Crippen molar-refractivity contribution in [2.45, 2.75) is 46.1 Å². The number of benzene rings is 1. The first kappa shape index (κ1) is 14.8. The quantitative estimate of drug-likeness (QED) is 0.799. The van der Waals surface area contributed by atoms with E-state index in [1.54, 1.807) is 6.92 Å². The molecule has 1 aromatic heterocycles. The van der Waals surface area contributed by atoms with Crippen molar-refractivity contribution in [3.05, 3.63) is 58.4 Å². The molecule has 3 rings (SSSR count). The van der Waals surface area contributed by atoms with Gasteiger partial charge in [-0.2, -0.15) is 0 Å².